The van der Waals surface area contributed by atoms with Gasteiger partial charge in [-0.25, -0.2) is 12.8 Å². The lowest BCUT2D eigenvalue weighted by atomic mass is 10.0. The van der Waals surface area contributed by atoms with E-state index in [2.05, 4.69) is 5.32 Å². The molecule has 0 aliphatic carbocycles. The van der Waals surface area contributed by atoms with Crippen LogP contribution in [0.4, 0.5) is 10.1 Å². The summed E-state index contributed by atoms with van der Waals surface area (Å²) in [6, 6.07) is 27.4. The Kier molecular flexibility index (Phi) is 10.9. The van der Waals surface area contributed by atoms with Crippen molar-refractivity contribution < 1.29 is 22.4 Å². The third kappa shape index (κ3) is 7.90. The molecular weight excluding hydrogens is 577 g/mol. The lowest BCUT2D eigenvalue weighted by molar-refractivity contribution is -0.140. The first-order valence-corrected chi connectivity index (χ1v) is 16.1. The molecule has 0 saturated carbocycles. The maximum absolute atomic E-state index is 14.4. The van der Waals surface area contributed by atoms with Gasteiger partial charge in [-0.1, -0.05) is 79.7 Å². The Balaban J connectivity index is 1.81. The number of carbonyl (C=O) groups is 2. The topological polar surface area (TPSA) is 86.8 Å². The van der Waals surface area contributed by atoms with Crippen molar-refractivity contribution in [2.24, 2.45) is 0 Å². The third-order valence-electron chi connectivity index (χ3n) is 7.54. The molecule has 4 aromatic rings. The molecule has 0 aromatic heterocycles. The van der Waals surface area contributed by atoms with Gasteiger partial charge in [0.2, 0.25) is 11.8 Å². The summed E-state index contributed by atoms with van der Waals surface area (Å²) in [5, 5.41) is 2.92. The molecule has 4 aromatic carbocycles. The van der Waals surface area contributed by atoms with Gasteiger partial charge < -0.3 is 10.2 Å². The summed E-state index contributed by atoms with van der Waals surface area (Å²) in [5.74, 6) is -1.35. The average Bonchev–Trinajstić information content (AvgIpc) is 3.03. The predicted octanol–water partition coefficient (Wildman–Crippen LogP) is 5.80. The molecule has 9 heteroatoms. The first-order valence-electron chi connectivity index (χ1n) is 14.6. The van der Waals surface area contributed by atoms with Gasteiger partial charge in [-0.05, 0) is 72.9 Å². The zero-order chi connectivity index (χ0) is 31.7. The Morgan fingerprint density at radius 3 is 2.09 bits per heavy atom. The van der Waals surface area contributed by atoms with Crippen LogP contribution in [0.3, 0.4) is 0 Å². The number of nitrogens with one attached hydrogen (secondary N) is 1. The molecule has 0 bridgehead atoms. The normalized spacial score (nSPS) is 11.9. The van der Waals surface area contributed by atoms with Crippen molar-refractivity contribution >= 4 is 27.5 Å². The number of nitrogens with zero attached hydrogens (tertiary/aromatic N) is 2. The second-order valence-electron chi connectivity index (χ2n) is 10.7. The van der Waals surface area contributed by atoms with E-state index in [1.807, 2.05) is 57.2 Å². The Morgan fingerprint density at radius 2 is 1.45 bits per heavy atom. The second kappa shape index (κ2) is 14.8. The van der Waals surface area contributed by atoms with E-state index >= 15 is 0 Å². The fourth-order valence-corrected chi connectivity index (χ4v) is 6.44. The molecular formula is C35H38FN3O4S. The maximum atomic E-state index is 14.4. The van der Waals surface area contributed by atoms with Crippen LogP contribution in [0.15, 0.2) is 108 Å². The van der Waals surface area contributed by atoms with Crippen LogP contribution in [0, 0.1) is 19.7 Å². The first kappa shape index (κ1) is 32.4. The van der Waals surface area contributed by atoms with Crippen molar-refractivity contribution in [2.75, 3.05) is 17.4 Å². The molecule has 7 nitrogen and oxygen atoms in total. The number of hydrogen-bond acceptors (Lipinski definition) is 4. The monoisotopic (exact) mass is 615 g/mol. The summed E-state index contributed by atoms with van der Waals surface area (Å²) in [6.45, 7) is 5.47. The van der Waals surface area contributed by atoms with E-state index in [1.54, 1.807) is 42.5 Å². The SMILES string of the molecule is CCCNC(=O)C(Cc1ccccc1)N(Cc1ccc(F)cc1)C(=O)CN(c1cccc(C)c1C)S(=O)(=O)c1ccccc1. The summed E-state index contributed by atoms with van der Waals surface area (Å²) in [5.41, 5.74) is 3.40. The van der Waals surface area contributed by atoms with Gasteiger partial charge in [-0.15, -0.1) is 0 Å². The van der Waals surface area contributed by atoms with Gasteiger partial charge in [-0.2, -0.15) is 0 Å². The number of hydrogen-bond donors (Lipinski definition) is 1. The van der Waals surface area contributed by atoms with Crippen LogP contribution in [0.25, 0.3) is 0 Å². The van der Waals surface area contributed by atoms with E-state index in [0.717, 1.165) is 15.4 Å². The number of carbonyl (C=O) groups excluding carboxylic acids is 2. The lowest BCUT2D eigenvalue weighted by Crippen LogP contribution is -2.53. The summed E-state index contributed by atoms with van der Waals surface area (Å²) < 4.78 is 43.2. The zero-order valence-corrected chi connectivity index (χ0v) is 26.1. The van der Waals surface area contributed by atoms with E-state index < -0.39 is 34.3 Å². The number of rotatable bonds is 13. The summed E-state index contributed by atoms with van der Waals surface area (Å²) in [4.78, 5) is 29.6. The molecule has 0 aliphatic heterocycles. The van der Waals surface area contributed by atoms with Gasteiger partial charge >= 0.3 is 0 Å². The first-order chi connectivity index (χ1) is 21.1. The van der Waals surface area contributed by atoms with E-state index in [4.69, 9.17) is 0 Å². The highest BCUT2D eigenvalue weighted by atomic mass is 32.2. The number of amides is 2. The van der Waals surface area contributed by atoms with Crippen LogP contribution in [0.5, 0.6) is 0 Å². The van der Waals surface area contributed by atoms with Crippen LogP contribution in [0.1, 0.15) is 35.6 Å². The van der Waals surface area contributed by atoms with Gasteiger partial charge in [0, 0.05) is 19.5 Å². The minimum Gasteiger partial charge on any atom is -0.354 e. The summed E-state index contributed by atoms with van der Waals surface area (Å²) >= 11 is 0. The minimum atomic E-state index is -4.18. The van der Waals surface area contributed by atoms with Crippen molar-refractivity contribution in [2.45, 2.75) is 51.1 Å². The van der Waals surface area contributed by atoms with Crippen LogP contribution >= 0.6 is 0 Å². The fraction of sp³-hybridized carbons (Fsp3) is 0.257. The van der Waals surface area contributed by atoms with Crippen molar-refractivity contribution in [3.63, 3.8) is 0 Å². The summed E-state index contributed by atoms with van der Waals surface area (Å²) in [7, 11) is -4.18. The quantitative estimate of drug-likeness (QED) is 0.206. The second-order valence-corrected chi connectivity index (χ2v) is 12.6. The molecule has 1 unspecified atom stereocenters. The Morgan fingerprint density at radius 1 is 0.818 bits per heavy atom. The predicted molar refractivity (Wildman–Crippen MR) is 171 cm³/mol. The Bertz CT molecular complexity index is 1660. The molecule has 230 valence electrons. The minimum absolute atomic E-state index is 0.0256. The van der Waals surface area contributed by atoms with E-state index in [9.17, 15) is 22.4 Å². The van der Waals surface area contributed by atoms with Crippen LogP contribution in [-0.2, 0) is 32.6 Å². The van der Waals surface area contributed by atoms with Crippen LogP contribution in [0.2, 0.25) is 0 Å². The van der Waals surface area contributed by atoms with Crippen LogP contribution < -0.4 is 9.62 Å². The highest BCUT2D eigenvalue weighted by Crippen LogP contribution is 2.29. The summed E-state index contributed by atoms with van der Waals surface area (Å²) in [6.07, 6.45) is 0.906. The lowest BCUT2D eigenvalue weighted by Gasteiger charge is -2.34. The van der Waals surface area contributed by atoms with E-state index in [1.165, 1.54) is 29.2 Å². The zero-order valence-electron chi connectivity index (χ0n) is 25.2. The van der Waals surface area contributed by atoms with Crippen LogP contribution in [-0.4, -0.2) is 44.3 Å². The highest BCUT2D eigenvalue weighted by molar-refractivity contribution is 7.92. The molecule has 0 fully saturated rings. The standard InChI is InChI=1S/C35H38FN3O4S/c1-4-22-37-35(41)33(23-28-13-7-5-8-14-28)38(24-29-18-20-30(36)21-19-29)34(40)25-39(32-17-11-12-26(2)27(32)3)44(42,43)31-15-9-6-10-16-31/h5-21,33H,4,22-25H2,1-3H3,(H,37,41). The Labute approximate surface area is 259 Å². The van der Waals surface area contributed by atoms with Crippen molar-refractivity contribution in [3.05, 3.63) is 131 Å². The van der Waals surface area contributed by atoms with Gasteiger partial charge in [0.05, 0.1) is 10.6 Å². The Hall–Kier alpha value is -4.50. The smallest absolute Gasteiger partial charge is 0.264 e. The number of anilines is 1. The molecule has 0 saturated heterocycles. The van der Waals surface area contributed by atoms with Crippen molar-refractivity contribution in [1.82, 2.24) is 10.2 Å². The molecule has 1 atom stereocenters. The molecule has 0 radical (unpaired) electrons. The number of sulfonamides is 1. The third-order valence-corrected chi connectivity index (χ3v) is 9.32. The molecule has 4 rings (SSSR count). The molecule has 44 heavy (non-hydrogen) atoms. The largest absolute Gasteiger partial charge is 0.354 e. The van der Waals surface area contributed by atoms with E-state index in [0.29, 0.717) is 29.8 Å². The van der Waals surface area contributed by atoms with Crippen molar-refractivity contribution in [3.8, 4) is 0 Å². The maximum Gasteiger partial charge on any atom is 0.264 e. The average molecular weight is 616 g/mol. The van der Waals surface area contributed by atoms with Crippen molar-refractivity contribution in [1.29, 1.82) is 0 Å². The fourth-order valence-electron chi connectivity index (χ4n) is 4.95. The van der Waals surface area contributed by atoms with E-state index in [-0.39, 0.29) is 23.8 Å². The van der Waals surface area contributed by atoms with Gasteiger partial charge in [0.25, 0.3) is 10.0 Å². The number of halogens is 1. The molecule has 0 spiro atoms. The molecule has 0 aliphatic rings. The molecule has 0 heterocycles. The molecule has 2 amide bonds. The molecule has 1 N–H and O–H groups in total. The number of benzene rings is 4. The number of aryl methyl sites for hydroxylation is 1. The van der Waals surface area contributed by atoms with Gasteiger partial charge in [0.1, 0.15) is 18.4 Å². The highest BCUT2D eigenvalue weighted by Gasteiger charge is 2.35. The van der Waals surface area contributed by atoms with Gasteiger partial charge in [-0.3, -0.25) is 13.9 Å². The van der Waals surface area contributed by atoms with Gasteiger partial charge in [0.15, 0.2) is 0 Å².